The van der Waals surface area contributed by atoms with Crippen molar-refractivity contribution in [2.45, 2.75) is 55.7 Å². The molecule has 1 fully saturated rings. The fourth-order valence-electron chi connectivity index (χ4n) is 5.89. The number of benzene rings is 2. The van der Waals surface area contributed by atoms with Crippen LogP contribution in [0, 0.1) is 5.92 Å². The average Bonchev–Trinajstić information content (AvgIpc) is 2.82. The Morgan fingerprint density at radius 1 is 1.08 bits per heavy atom. The minimum absolute atomic E-state index is 0.238. The van der Waals surface area contributed by atoms with E-state index in [1.54, 1.807) is 13.1 Å². The van der Waals surface area contributed by atoms with Gasteiger partial charge in [0, 0.05) is 25.6 Å². The molecule has 2 aromatic rings. The molecule has 196 valence electrons. The number of amides is 1. The van der Waals surface area contributed by atoms with E-state index >= 15 is 0 Å². The van der Waals surface area contributed by atoms with Gasteiger partial charge >= 0.3 is 12.3 Å². The molecule has 0 radical (unpaired) electrons. The minimum Gasteiger partial charge on any atom is -0.410 e. The Hall–Kier alpha value is -2.58. The van der Waals surface area contributed by atoms with Gasteiger partial charge in [-0.15, -0.1) is 0 Å². The maximum absolute atomic E-state index is 13.8. The Labute approximate surface area is 210 Å². The molecule has 0 unspecified atom stereocenters. The molecule has 0 aliphatic heterocycles. The first-order valence-electron chi connectivity index (χ1n) is 12.5. The van der Waals surface area contributed by atoms with Crippen molar-refractivity contribution in [1.82, 2.24) is 9.80 Å². The van der Waals surface area contributed by atoms with Crippen LogP contribution in [0.5, 0.6) is 5.75 Å². The van der Waals surface area contributed by atoms with E-state index < -0.39 is 23.3 Å². The first-order valence-corrected chi connectivity index (χ1v) is 12.5. The highest BCUT2D eigenvalue weighted by atomic mass is 19.4. The second-order valence-electron chi connectivity index (χ2n) is 10.7. The highest BCUT2D eigenvalue weighted by molar-refractivity contribution is 5.70. The monoisotopic (exact) mass is 504 g/mol. The van der Waals surface area contributed by atoms with Crippen LogP contribution in [0.4, 0.5) is 18.0 Å². The summed E-state index contributed by atoms with van der Waals surface area (Å²) in [5.41, 5.74) is -0.0985. The summed E-state index contributed by atoms with van der Waals surface area (Å²) in [6.07, 6.45) is -3.76. The number of rotatable bonds is 6. The van der Waals surface area contributed by atoms with Crippen molar-refractivity contribution in [2.24, 2.45) is 5.92 Å². The lowest BCUT2D eigenvalue weighted by Gasteiger charge is -2.53. The second-order valence-corrected chi connectivity index (χ2v) is 10.7. The van der Waals surface area contributed by atoms with Crippen LogP contribution >= 0.6 is 0 Å². The SMILES string of the molecule is CN(C)CCN(C)C(=O)Oc1ccc2c(c1)CC[C@@H]1C[C@@](O)(C(F)(F)F)CC[C@@]21Cc1ccccc1. The number of ether oxygens (including phenoxy) is 1. The maximum Gasteiger partial charge on any atom is 0.417 e. The van der Waals surface area contributed by atoms with E-state index in [0.717, 1.165) is 16.7 Å². The second kappa shape index (κ2) is 10.1. The highest BCUT2D eigenvalue weighted by Gasteiger charge is 2.61. The largest absolute Gasteiger partial charge is 0.417 e. The average molecular weight is 505 g/mol. The summed E-state index contributed by atoms with van der Waals surface area (Å²) in [7, 11) is 5.55. The van der Waals surface area contributed by atoms with E-state index in [9.17, 15) is 23.1 Å². The molecule has 0 spiro atoms. The zero-order valence-electron chi connectivity index (χ0n) is 21.1. The van der Waals surface area contributed by atoms with Crippen molar-refractivity contribution in [3.05, 3.63) is 65.2 Å². The summed E-state index contributed by atoms with van der Waals surface area (Å²) in [4.78, 5) is 16.0. The maximum atomic E-state index is 13.8. The Morgan fingerprint density at radius 3 is 2.47 bits per heavy atom. The van der Waals surface area contributed by atoms with E-state index in [4.69, 9.17) is 4.74 Å². The van der Waals surface area contributed by atoms with Crippen LogP contribution in [-0.2, 0) is 18.3 Å². The topological polar surface area (TPSA) is 53.0 Å². The molecule has 3 atom stereocenters. The van der Waals surface area contributed by atoms with Crippen molar-refractivity contribution in [3.8, 4) is 5.75 Å². The summed E-state index contributed by atoms with van der Waals surface area (Å²) in [5.74, 6) is 0.127. The number of carbonyl (C=O) groups is 1. The third-order valence-corrected chi connectivity index (χ3v) is 8.02. The van der Waals surface area contributed by atoms with Gasteiger partial charge in [0.05, 0.1) is 0 Å². The normalized spacial score (nSPS) is 25.7. The van der Waals surface area contributed by atoms with Crippen molar-refractivity contribution < 1.29 is 27.8 Å². The molecule has 1 amide bonds. The number of aryl methyl sites for hydroxylation is 1. The molecule has 2 aromatic carbocycles. The molecule has 0 saturated heterocycles. The molecule has 5 nitrogen and oxygen atoms in total. The number of hydrogen-bond acceptors (Lipinski definition) is 4. The fraction of sp³-hybridized carbons (Fsp3) is 0.536. The predicted octanol–water partition coefficient (Wildman–Crippen LogP) is 5.20. The molecular formula is C28H35F3N2O3. The van der Waals surface area contributed by atoms with E-state index in [0.29, 0.717) is 38.1 Å². The van der Waals surface area contributed by atoms with Crippen molar-refractivity contribution in [3.63, 3.8) is 0 Å². The van der Waals surface area contributed by atoms with Crippen LogP contribution in [0.25, 0.3) is 0 Å². The molecule has 4 rings (SSSR count). The molecule has 0 bridgehead atoms. The van der Waals surface area contributed by atoms with Gasteiger partial charge in [0.1, 0.15) is 5.75 Å². The fourth-order valence-corrected chi connectivity index (χ4v) is 5.89. The van der Waals surface area contributed by atoms with Crippen LogP contribution in [0.15, 0.2) is 48.5 Å². The van der Waals surface area contributed by atoms with Gasteiger partial charge < -0.3 is 19.6 Å². The Balaban J connectivity index is 1.63. The van der Waals surface area contributed by atoms with Crippen LogP contribution in [0.1, 0.15) is 42.4 Å². The number of hydrogen-bond donors (Lipinski definition) is 1. The number of likely N-dealkylation sites (N-methyl/N-ethyl adjacent to an activating group) is 2. The van der Waals surface area contributed by atoms with Gasteiger partial charge in [0.15, 0.2) is 5.60 Å². The molecule has 1 N–H and O–H groups in total. The quantitative estimate of drug-likeness (QED) is 0.588. The molecular weight excluding hydrogens is 469 g/mol. The van der Waals surface area contributed by atoms with Gasteiger partial charge in [0.2, 0.25) is 0 Å². The van der Waals surface area contributed by atoms with Gasteiger partial charge in [0.25, 0.3) is 0 Å². The molecule has 2 aliphatic carbocycles. The van der Waals surface area contributed by atoms with Gasteiger partial charge in [-0.3, -0.25) is 0 Å². The zero-order valence-corrected chi connectivity index (χ0v) is 21.1. The third kappa shape index (κ3) is 5.25. The zero-order chi connectivity index (χ0) is 26.1. The van der Waals surface area contributed by atoms with Gasteiger partial charge in [-0.05, 0) is 87.4 Å². The first-order chi connectivity index (χ1) is 16.9. The first kappa shape index (κ1) is 26.5. The van der Waals surface area contributed by atoms with E-state index in [1.807, 2.05) is 61.5 Å². The lowest BCUT2D eigenvalue weighted by atomic mass is 9.52. The van der Waals surface area contributed by atoms with Crippen LogP contribution in [0.3, 0.4) is 0 Å². The molecule has 36 heavy (non-hydrogen) atoms. The number of alkyl halides is 3. The van der Waals surface area contributed by atoms with Gasteiger partial charge in [-0.25, -0.2) is 4.79 Å². The van der Waals surface area contributed by atoms with Gasteiger partial charge in [-0.1, -0.05) is 36.4 Å². The summed E-state index contributed by atoms with van der Waals surface area (Å²) >= 11 is 0. The minimum atomic E-state index is -4.65. The predicted molar refractivity (Wildman–Crippen MR) is 132 cm³/mol. The molecule has 0 heterocycles. The van der Waals surface area contributed by atoms with Crippen molar-refractivity contribution >= 4 is 6.09 Å². The smallest absolute Gasteiger partial charge is 0.410 e. The summed E-state index contributed by atoms with van der Waals surface area (Å²) in [6.45, 7) is 1.24. The molecule has 0 aromatic heterocycles. The van der Waals surface area contributed by atoms with E-state index in [2.05, 4.69) is 0 Å². The summed E-state index contributed by atoms with van der Waals surface area (Å²) in [6, 6.07) is 15.3. The lowest BCUT2D eigenvalue weighted by molar-refractivity contribution is -0.279. The number of carbonyl (C=O) groups excluding carboxylic acids is 1. The Morgan fingerprint density at radius 2 is 1.81 bits per heavy atom. The summed E-state index contributed by atoms with van der Waals surface area (Å²) < 4.78 is 46.9. The van der Waals surface area contributed by atoms with Crippen molar-refractivity contribution in [2.75, 3.05) is 34.2 Å². The van der Waals surface area contributed by atoms with E-state index in [-0.39, 0.29) is 25.2 Å². The molecule has 2 aliphatic rings. The van der Waals surface area contributed by atoms with Gasteiger partial charge in [-0.2, -0.15) is 13.2 Å². The molecule has 1 saturated carbocycles. The third-order valence-electron chi connectivity index (χ3n) is 8.02. The van der Waals surface area contributed by atoms with Crippen LogP contribution < -0.4 is 4.74 Å². The van der Waals surface area contributed by atoms with Crippen LogP contribution in [0.2, 0.25) is 0 Å². The standard InChI is InChI=1S/C28H35F3N2O3/c1-32(2)15-16-33(3)25(34)36-23-11-12-24-21(17-23)9-10-22-19-27(35,28(29,30)31)14-13-26(22,24)18-20-7-5-4-6-8-20/h4-8,11-12,17,22,35H,9-10,13-16,18-19H2,1-3H3/t22-,26+,27-/m1/s1. The highest BCUT2D eigenvalue weighted by Crippen LogP contribution is 2.57. The Bertz CT molecular complexity index is 1080. The number of nitrogens with zero attached hydrogens (tertiary/aromatic N) is 2. The molecule has 8 heteroatoms. The Kier molecular flexibility index (Phi) is 7.40. The lowest BCUT2D eigenvalue weighted by Crippen LogP contribution is -2.56. The summed E-state index contributed by atoms with van der Waals surface area (Å²) in [5, 5.41) is 10.6. The van der Waals surface area contributed by atoms with Crippen LogP contribution in [-0.4, -0.2) is 67.0 Å². The van der Waals surface area contributed by atoms with Crippen molar-refractivity contribution in [1.29, 1.82) is 0 Å². The number of halogens is 3. The number of fused-ring (bicyclic) bond motifs is 3. The van der Waals surface area contributed by atoms with E-state index in [1.165, 1.54) is 4.90 Å². The number of aliphatic hydroxyl groups is 1.